The van der Waals surface area contributed by atoms with Gasteiger partial charge in [-0.05, 0) is 0 Å². The van der Waals surface area contributed by atoms with Crippen LogP contribution in [0.1, 0.15) is 27.7 Å². The number of thioether (sulfide) groups is 1. The molecular weight excluding hydrogens is 394 g/mol. The highest BCUT2D eigenvalue weighted by Crippen LogP contribution is 2.40. The summed E-state index contributed by atoms with van der Waals surface area (Å²) in [5, 5.41) is 22.4. The van der Waals surface area contributed by atoms with Gasteiger partial charge in [-0.2, -0.15) is 0 Å². The van der Waals surface area contributed by atoms with E-state index in [1.807, 2.05) is 0 Å². The van der Waals surface area contributed by atoms with Crippen LogP contribution >= 0.6 is 11.8 Å². The Balaban J connectivity index is 2.19. The van der Waals surface area contributed by atoms with Gasteiger partial charge < -0.3 is 15.2 Å². The number of hydrogen-bond donors (Lipinski definition) is 2. The number of esters is 1. The minimum atomic E-state index is -1.56. The van der Waals surface area contributed by atoms with Crippen LogP contribution in [0, 0.1) is 15.5 Å². The van der Waals surface area contributed by atoms with Crippen molar-refractivity contribution >= 4 is 35.5 Å². The third kappa shape index (κ3) is 4.11. The predicted octanol–water partition coefficient (Wildman–Crippen LogP) is -0.0205. The van der Waals surface area contributed by atoms with E-state index >= 15 is 0 Å². The average molecular weight is 415 g/mol. The molecule has 2 aliphatic rings. The maximum atomic E-state index is 12.5. The molecule has 2 heterocycles. The Morgan fingerprint density at radius 3 is 2.50 bits per heavy atom. The van der Waals surface area contributed by atoms with Crippen molar-refractivity contribution in [1.82, 2.24) is 10.2 Å². The normalized spacial score (nSPS) is 22.7. The van der Waals surface area contributed by atoms with Crippen LogP contribution in [-0.2, 0) is 23.9 Å². The van der Waals surface area contributed by atoms with Gasteiger partial charge in [-0.1, -0.05) is 20.8 Å². The summed E-state index contributed by atoms with van der Waals surface area (Å²) in [4.78, 5) is 59.1. The van der Waals surface area contributed by atoms with Crippen molar-refractivity contribution in [3.05, 3.63) is 21.4 Å². The van der Waals surface area contributed by atoms with Gasteiger partial charge in [-0.3, -0.25) is 29.4 Å². The fourth-order valence-corrected chi connectivity index (χ4v) is 4.35. The van der Waals surface area contributed by atoms with Crippen LogP contribution < -0.4 is 5.32 Å². The lowest BCUT2D eigenvalue weighted by Gasteiger charge is -2.49. The number of fused-ring (bicyclic) bond motifs is 1. The Labute approximate surface area is 164 Å². The monoisotopic (exact) mass is 415 g/mol. The highest BCUT2D eigenvalue weighted by Gasteiger charge is 2.55. The van der Waals surface area contributed by atoms with Crippen LogP contribution in [0.15, 0.2) is 11.3 Å². The standard InChI is InChI=1S/C16H21N3O8S/c1-7(20)27-5-8-6-28-14-9(13(22)18(14)10(8)15(23)24)17-12(21)11(19(25)26)16(2,3)4/h9,11,14H,5-6H2,1-4H3,(H,17,21)(H,23,24)/t9?,11?,14-/m0/s1. The maximum Gasteiger partial charge on any atom is 0.352 e. The van der Waals surface area contributed by atoms with Gasteiger partial charge in [-0.15, -0.1) is 11.8 Å². The van der Waals surface area contributed by atoms with E-state index in [2.05, 4.69) is 5.32 Å². The molecule has 1 saturated heterocycles. The minimum absolute atomic E-state index is 0.174. The summed E-state index contributed by atoms with van der Waals surface area (Å²) in [6.45, 7) is 5.54. The van der Waals surface area contributed by atoms with Crippen LogP contribution in [0.5, 0.6) is 0 Å². The molecular formula is C16H21N3O8S. The first kappa shape index (κ1) is 21.7. The van der Waals surface area contributed by atoms with Gasteiger partial charge in [0.1, 0.15) is 23.7 Å². The van der Waals surface area contributed by atoms with E-state index in [0.29, 0.717) is 0 Å². The molecule has 2 aliphatic heterocycles. The van der Waals surface area contributed by atoms with Gasteiger partial charge >= 0.3 is 11.9 Å². The van der Waals surface area contributed by atoms with E-state index in [0.717, 1.165) is 4.90 Å². The van der Waals surface area contributed by atoms with Gasteiger partial charge in [0.25, 0.3) is 17.9 Å². The number of hydrogen-bond acceptors (Lipinski definition) is 8. The molecule has 2 amide bonds. The second kappa shape index (κ2) is 7.78. The fourth-order valence-electron chi connectivity index (χ4n) is 3.02. The van der Waals surface area contributed by atoms with Crippen LogP contribution in [0.2, 0.25) is 0 Å². The molecule has 2 unspecified atom stereocenters. The van der Waals surface area contributed by atoms with E-state index in [9.17, 15) is 34.4 Å². The molecule has 11 nitrogen and oxygen atoms in total. The van der Waals surface area contributed by atoms with E-state index < -0.39 is 51.5 Å². The number of nitrogens with zero attached hydrogens (tertiary/aromatic N) is 2. The molecule has 1 fully saturated rings. The molecule has 154 valence electrons. The summed E-state index contributed by atoms with van der Waals surface area (Å²) < 4.78 is 4.84. The first-order valence-corrected chi connectivity index (χ1v) is 9.38. The molecule has 0 saturated carbocycles. The molecule has 2 N–H and O–H groups in total. The number of amides is 2. The Hall–Kier alpha value is -2.63. The topological polar surface area (TPSA) is 156 Å². The van der Waals surface area contributed by atoms with Crippen molar-refractivity contribution in [2.45, 2.75) is 45.2 Å². The molecule has 0 spiro atoms. The van der Waals surface area contributed by atoms with Crippen molar-refractivity contribution in [2.24, 2.45) is 5.41 Å². The molecule has 28 heavy (non-hydrogen) atoms. The SMILES string of the molecule is CC(=O)OCC1=C(C(=O)O)N2C(=O)C(NC(=O)C([N+](=O)[O-])C(C)(C)C)[C@@H]2SC1. The van der Waals surface area contributed by atoms with Gasteiger partial charge in [0.15, 0.2) is 0 Å². The molecule has 0 bridgehead atoms. The highest BCUT2D eigenvalue weighted by atomic mass is 32.2. The second-order valence-corrected chi connectivity index (χ2v) is 8.59. The summed E-state index contributed by atoms with van der Waals surface area (Å²) in [6.07, 6.45) is 0. The third-order valence-electron chi connectivity index (χ3n) is 4.28. The lowest BCUT2D eigenvalue weighted by atomic mass is 9.86. The Morgan fingerprint density at radius 2 is 2.04 bits per heavy atom. The first-order valence-electron chi connectivity index (χ1n) is 8.33. The molecule has 0 radical (unpaired) electrons. The van der Waals surface area contributed by atoms with Crippen molar-refractivity contribution in [3.63, 3.8) is 0 Å². The van der Waals surface area contributed by atoms with Gasteiger partial charge in [0.05, 0.1) is 0 Å². The number of carboxylic acids is 1. The van der Waals surface area contributed by atoms with Crippen molar-refractivity contribution < 1.29 is 33.9 Å². The van der Waals surface area contributed by atoms with Crippen LogP contribution in [0.3, 0.4) is 0 Å². The zero-order valence-corrected chi connectivity index (χ0v) is 16.6. The molecule has 2 rings (SSSR count). The molecule has 12 heteroatoms. The quantitative estimate of drug-likeness (QED) is 0.263. The van der Waals surface area contributed by atoms with Crippen molar-refractivity contribution in [3.8, 4) is 0 Å². The lowest BCUT2D eigenvalue weighted by Crippen LogP contribution is -2.71. The summed E-state index contributed by atoms with van der Waals surface area (Å²) in [7, 11) is 0. The van der Waals surface area contributed by atoms with Crippen LogP contribution in [-0.4, -0.2) is 68.5 Å². The zero-order chi connectivity index (χ0) is 21.4. The zero-order valence-electron chi connectivity index (χ0n) is 15.8. The third-order valence-corrected chi connectivity index (χ3v) is 5.62. The van der Waals surface area contributed by atoms with Gasteiger partial charge in [0, 0.05) is 28.6 Å². The highest BCUT2D eigenvalue weighted by molar-refractivity contribution is 8.00. The van der Waals surface area contributed by atoms with Crippen LogP contribution in [0.4, 0.5) is 0 Å². The molecule has 3 atom stereocenters. The summed E-state index contributed by atoms with van der Waals surface area (Å²) in [5.41, 5.74) is -0.995. The lowest BCUT2D eigenvalue weighted by molar-refractivity contribution is -0.524. The number of nitrogens with one attached hydrogen (secondary N) is 1. The number of nitro groups is 1. The Bertz CT molecular complexity index is 772. The van der Waals surface area contributed by atoms with E-state index in [-0.39, 0.29) is 23.6 Å². The molecule has 0 aliphatic carbocycles. The molecule has 0 aromatic carbocycles. The largest absolute Gasteiger partial charge is 0.477 e. The number of aliphatic carboxylic acids is 1. The summed E-state index contributed by atoms with van der Waals surface area (Å²) in [6, 6.07) is -2.62. The number of carbonyl (C=O) groups excluding carboxylic acids is 3. The van der Waals surface area contributed by atoms with E-state index in [1.54, 1.807) is 0 Å². The second-order valence-electron chi connectivity index (χ2n) is 7.49. The average Bonchev–Trinajstić information content (AvgIpc) is 2.54. The van der Waals surface area contributed by atoms with E-state index in [4.69, 9.17) is 4.74 Å². The summed E-state index contributed by atoms with van der Waals surface area (Å²) >= 11 is 1.18. The van der Waals surface area contributed by atoms with Crippen LogP contribution in [0.25, 0.3) is 0 Å². The fraction of sp³-hybridized carbons (Fsp3) is 0.625. The number of β-lactam (4-membered cyclic amide) rings is 1. The van der Waals surface area contributed by atoms with Crippen molar-refractivity contribution in [1.29, 1.82) is 0 Å². The first-order chi connectivity index (χ1) is 12.9. The molecule has 0 aromatic heterocycles. The maximum absolute atomic E-state index is 12.5. The smallest absolute Gasteiger partial charge is 0.352 e. The Morgan fingerprint density at radius 1 is 1.43 bits per heavy atom. The number of carbonyl (C=O) groups is 4. The number of ether oxygens (including phenoxy) is 1. The van der Waals surface area contributed by atoms with Crippen molar-refractivity contribution in [2.75, 3.05) is 12.4 Å². The van der Waals surface area contributed by atoms with E-state index in [1.165, 1.54) is 39.5 Å². The number of carboxylic acid groups (broad SMARTS) is 1. The van der Waals surface area contributed by atoms with Gasteiger partial charge in [-0.25, -0.2) is 4.79 Å². The minimum Gasteiger partial charge on any atom is -0.477 e. The van der Waals surface area contributed by atoms with Gasteiger partial charge in [0.2, 0.25) is 0 Å². The predicted molar refractivity (Wildman–Crippen MR) is 96.6 cm³/mol. The molecule has 0 aromatic rings. The Kier molecular flexibility index (Phi) is 6.02. The number of rotatable bonds is 6. The summed E-state index contributed by atoms with van der Waals surface area (Å²) in [5.74, 6) is -3.35.